The van der Waals surface area contributed by atoms with Gasteiger partial charge in [0.05, 0.1) is 29.7 Å². The van der Waals surface area contributed by atoms with Gasteiger partial charge in [-0.05, 0) is 36.8 Å². The lowest BCUT2D eigenvalue weighted by molar-refractivity contribution is -0.384. The summed E-state index contributed by atoms with van der Waals surface area (Å²) in [6.07, 6.45) is 0.761. The summed E-state index contributed by atoms with van der Waals surface area (Å²) in [5.74, 6) is 0.141. The fraction of sp³-hybridized carbons (Fsp3) is 0.308. The number of hydrogen-bond acceptors (Lipinski definition) is 8. The monoisotopic (exact) mass is 508 g/mol. The van der Waals surface area contributed by atoms with Gasteiger partial charge >= 0.3 is 0 Å². The predicted molar refractivity (Wildman–Crippen MR) is 141 cm³/mol. The van der Waals surface area contributed by atoms with Gasteiger partial charge in [-0.1, -0.05) is 19.1 Å². The summed E-state index contributed by atoms with van der Waals surface area (Å²) in [5.41, 5.74) is 1.92. The van der Waals surface area contributed by atoms with Gasteiger partial charge in [-0.3, -0.25) is 24.6 Å². The van der Waals surface area contributed by atoms with E-state index in [1.54, 1.807) is 30.3 Å². The van der Waals surface area contributed by atoms with E-state index in [0.717, 1.165) is 17.0 Å². The van der Waals surface area contributed by atoms with Crippen molar-refractivity contribution in [3.63, 3.8) is 0 Å². The first-order valence-corrected chi connectivity index (χ1v) is 12.5. The number of ether oxygens (including phenoxy) is 1. The molecule has 0 spiro atoms. The van der Waals surface area contributed by atoms with Crippen LogP contribution in [0.4, 0.5) is 16.4 Å². The summed E-state index contributed by atoms with van der Waals surface area (Å²) in [5, 5.41) is 14.4. The van der Waals surface area contributed by atoms with E-state index in [0.29, 0.717) is 48.1 Å². The molecule has 1 aromatic heterocycles. The zero-order valence-corrected chi connectivity index (χ0v) is 21.0. The number of non-ortho nitro benzene ring substituents is 1. The number of hydrogen-bond donors (Lipinski definition) is 1. The normalized spacial score (nSPS) is 13.9. The first kappa shape index (κ1) is 25.3. The minimum atomic E-state index is -0.410. The Morgan fingerprint density at radius 1 is 1.06 bits per heavy atom. The van der Waals surface area contributed by atoms with E-state index in [-0.39, 0.29) is 23.9 Å². The van der Waals surface area contributed by atoms with Gasteiger partial charge in [0.15, 0.2) is 5.78 Å². The van der Waals surface area contributed by atoms with Gasteiger partial charge < -0.3 is 15.0 Å². The number of methoxy groups -OCH3 is 1. The van der Waals surface area contributed by atoms with Crippen LogP contribution in [0.3, 0.4) is 0 Å². The fourth-order valence-corrected chi connectivity index (χ4v) is 5.18. The second kappa shape index (κ2) is 11.3. The molecule has 1 saturated heterocycles. The second-order valence-electron chi connectivity index (χ2n) is 8.42. The molecule has 1 N–H and O–H groups in total. The van der Waals surface area contributed by atoms with Crippen LogP contribution in [-0.2, 0) is 11.2 Å². The van der Waals surface area contributed by atoms with Gasteiger partial charge in [0, 0.05) is 48.9 Å². The number of nitro groups is 1. The average Bonchev–Trinajstić information content (AvgIpc) is 3.31. The largest absolute Gasteiger partial charge is 0.496 e. The molecule has 3 aromatic rings. The molecule has 1 fully saturated rings. The minimum Gasteiger partial charge on any atom is -0.496 e. The highest BCUT2D eigenvalue weighted by Crippen LogP contribution is 2.32. The van der Waals surface area contributed by atoms with Crippen LogP contribution in [0.25, 0.3) is 0 Å². The van der Waals surface area contributed by atoms with Crippen molar-refractivity contribution in [3.8, 4) is 5.75 Å². The highest BCUT2D eigenvalue weighted by atomic mass is 32.1. The molecule has 2 aromatic carbocycles. The third kappa shape index (κ3) is 5.72. The maximum atomic E-state index is 13.3. The number of carbonyl (C=O) groups is 2. The summed E-state index contributed by atoms with van der Waals surface area (Å²) in [4.78, 5) is 41.9. The maximum Gasteiger partial charge on any atom is 0.269 e. The molecule has 0 radical (unpaired) electrons. The quantitative estimate of drug-likeness (QED) is 0.262. The van der Waals surface area contributed by atoms with Gasteiger partial charge in [0.2, 0.25) is 5.91 Å². The van der Waals surface area contributed by atoms with Crippen LogP contribution in [0, 0.1) is 10.1 Å². The van der Waals surface area contributed by atoms with Crippen LogP contribution in [-0.4, -0.2) is 61.3 Å². The molecule has 188 valence electrons. The van der Waals surface area contributed by atoms with E-state index >= 15 is 0 Å². The van der Waals surface area contributed by atoms with Crippen LogP contribution in [0.15, 0.2) is 54.6 Å². The van der Waals surface area contributed by atoms with Crippen molar-refractivity contribution in [3.05, 3.63) is 80.7 Å². The second-order valence-corrected chi connectivity index (χ2v) is 9.56. The van der Waals surface area contributed by atoms with Crippen LogP contribution in [0.5, 0.6) is 5.75 Å². The first-order valence-electron chi connectivity index (χ1n) is 11.7. The van der Waals surface area contributed by atoms with Crippen molar-refractivity contribution in [1.82, 2.24) is 4.90 Å². The molecule has 1 aliphatic heterocycles. The number of carbonyl (C=O) groups excluding carboxylic acids is 2. The zero-order valence-electron chi connectivity index (χ0n) is 20.2. The standard InChI is InChI=1S/C26H28N4O5S/c1-3-20-16-22(25(32)21-6-4-5-7-23(21)35-2)26(36-20)27-24(31)17-28-12-14-29(15-13-28)18-8-10-19(11-9-18)30(33)34/h4-11,16H,3,12-15,17H2,1-2H3,(H,27,31). The Kier molecular flexibility index (Phi) is 7.97. The highest BCUT2D eigenvalue weighted by Gasteiger charge is 2.24. The lowest BCUT2D eigenvalue weighted by Crippen LogP contribution is -2.48. The van der Waals surface area contributed by atoms with E-state index in [9.17, 15) is 19.7 Å². The number of nitrogens with zero attached hydrogens (tertiary/aromatic N) is 3. The molecule has 2 heterocycles. The van der Waals surface area contributed by atoms with Gasteiger partial charge in [-0.2, -0.15) is 0 Å². The fourth-order valence-electron chi connectivity index (χ4n) is 4.17. The van der Waals surface area contributed by atoms with Gasteiger partial charge in [0.1, 0.15) is 10.8 Å². The molecule has 0 atom stereocenters. The smallest absolute Gasteiger partial charge is 0.269 e. The van der Waals surface area contributed by atoms with Crippen LogP contribution in [0.2, 0.25) is 0 Å². The molecule has 0 saturated carbocycles. The lowest BCUT2D eigenvalue weighted by Gasteiger charge is -2.35. The molecule has 1 amide bonds. The number of benzene rings is 2. The molecule has 4 rings (SSSR count). The third-order valence-corrected chi connectivity index (χ3v) is 7.34. The Morgan fingerprint density at radius 2 is 1.75 bits per heavy atom. The summed E-state index contributed by atoms with van der Waals surface area (Å²) in [6.45, 7) is 5.02. The van der Waals surface area contributed by atoms with E-state index in [2.05, 4.69) is 15.1 Å². The molecule has 9 nitrogen and oxygen atoms in total. The maximum absolute atomic E-state index is 13.3. The minimum absolute atomic E-state index is 0.0671. The summed E-state index contributed by atoms with van der Waals surface area (Å²) < 4.78 is 5.35. The number of anilines is 2. The first-order chi connectivity index (χ1) is 17.4. The van der Waals surface area contributed by atoms with Crippen molar-refractivity contribution in [2.24, 2.45) is 0 Å². The Labute approximate surface area is 213 Å². The number of nitrogens with one attached hydrogen (secondary N) is 1. The number of ketones is 1. The van der Waals surface area contributed by atoms with E-state index in [4.69, 9.17) is 4.74 Å². The predicted octanol–water partition coefficient (Wildman–Crippen LogP) is 4.22. The number of rotatable bonds is 9. The summed E-state index contributed by atoms with van der Waals surface area (Å²) in [7, 11) is 1.53. The van der Waals surface area contributed by atoms with E-state index in [1.165, 1.54) is 30.6 Å². The van der Waals surface area contributed by atoms with Gasteiger partial charge in [-0.25, -0.2) is 0 Å². The average molecular weight is 509 g/mol. The number of aryl methyl sites for hydroxylation is 1. The van der Waals surface area contributed by atoms with Crippen molar-refractivity contribution >= 4 is 39.4 Å². The topological polar surface area (TPSA) is 105 Å². The Balaban J connectivity index is 1.38. The Morgan fingerprint density at radius 3 is 2.39 bits per heavy atom. The highest BCUT2D eigenvalue weighted by molar-refractivity contribution is 7.16. The molecule has 0 aliphatic carbocycles. The lowest BCUT2D eigenvalue weighted by atomic mass is 10.0. The van der Waals surface area contributed by atoms with Crippen LogP contribution in [0.1, 0.15) is 27.7 Å². The van der Waals surface area contributed by atoms with Crippen molar-refractivity contribution in [2.75, 3.05) is 50.1 Å². The molecule has 36 heavy (non-hydrogen) atoms. The zero-order chi connectivity index (χ0) is 25.7. The number of amides is 1. The van der Waals surface area contributed by atoms with E-state index in [1.807, 2.05) is 19.1 Å². The number of para-hydroxylation sites is 1. The molecule has 0 bridgehead atoms. The van der Waals surface area contributed by atoms with Gasteiger partial charge in [-0.15, -0.1) is 11.3 Å². The molecule has 0 unspecified atom stereocenters. The van der Waals surface area contributed by atoms with Crippen molar-refractivity contribution in [2.45, 2.75) is 13.3 Å². The Hall–Kier alpha value is -3.76. The number of piperazine rings is 1. The molecular weight excluding hydrogens is 480 g/mol. The van der Waals surface area contributed by atoms with Crippen LogP contribution >= 0.6 is 11.3 Å². The summed E-state index contributed by atoms with van der Waals surface area (Å²) >= 11 is 1.42. The summed E-state index contributed by atoms with van der Waals surface area (Å²) in [6, 6.07) is 15.4. The van der Waals surface area contributed by atoms with E-state index < -0.39 is 4.92 Å². The third-order valence-electron chi connectivity index (χ3n) is 6.15. The molecule has 10 heteroatoms. The SMILES string of the molecule is CCc1cc(C(=O)c2ccccc2OC)c(NC(=O)CN2CCN(c3ccc([N+](=O)[O-])cc3)CC2)s1. The number of nitro benzene ring substituents is 1. The van der Waals surface area contributed by atoms with Crippen molar-refractivity contribution < 1.29 is 19.2 Å². The molecule has 1 aliphatic rings. The van der Waals surface area contributed by atoms with Gasteiger partial charge in [0.25, 0.3) is 5.69 Å². The van der Waals surface area contributed by atoms with Crippen molar-refractivity contribution in [1.29, 1.82) is 0 Å². The Bertz CT molecular complexity index is 1250. The van der Waals surface area contributed by atoms with Crippen LogP contribution < -0.4 is 15.0 Å². The number of thiophene rings is 1. The molecular formula is C26H28N4O5S.